The lowest BCUT2D eigenvalue weighted by molar-refractivity contribution is 0.102. The first-order chi connectivity index (χ1) is 9.24. The average molecular weight is 337 g/mol. The fourth-order valence-electron chi connectivity index (χ4n) is 2.25. The smallest absolute Gasteiger partial charge is 0.256 e. The number of halogens is 1. The number of carbonyl (C=O) groups is 1. The second-order valence-electron chi connectivity index (χ2n) is 4.46. The molecular formula is C14H13BrN2OS. The molecule has 0 aliphatic carbocycles. The molecule has 1 aromatic carbocycles. The van der Waals surface area contributed by atoms with Gasteiger partial charge < -0.3 is 10.6 Å². The van der Waals surface area contributed by atoms with Gasteiger partial charge >= 0.3 is 0 Å². The van der Waals surface area contributed by atoms with Gasteiger partial charge in [0.05, 0.1) is 9.35 Å². The molecule has 1 aliphatic heterocycles. The van der Waals surface area contributed by atoms with Crippen molar-refractivity contribution in [3.63, 3.8) is 0 Å². The third-order valence-corrected chi connectivity index (χ3v) is 4.73. The summed E-state index contributed by atoms with van der Waals surface area (Å²) < 4.78 is 0.967. The van der Waals surface area contributed by atoms with E-state index in [1.807, 2.05) is 23.6 Å². The van der Waals surface area contributed by atoms with Gasteiger partial charge in [-0.25, -0.2) is 0 Å². The van der Waals surface area contributed by atoms with Crippen molar-refractivity contribution in [3.8, 4) is 0 Å². The van der Waals surface area contributed by atoms with Gasteiger partial charge in [0.15, 0.2) is 0 Å². The van der Waals surface area contributed by atoms with Crippen LogP contribution in [-0.2, 0) is 13.0 Å². The highest BCUT2D eigenvalue weighted by molar-refractivity contribution is 9.11. The molecule has 0 radical (unpaired) electrons. The normalized spacial score (nSPS) is 13.9. The Labute approximate surface area is 124 Å². The number of fused-ring (bicyclic) bond motifs is 1. The van der Waals surface area contributed by atoms with Crippen molar-refractivity contribution in [3.05, 3.63) is 50.1 Å². The largest absolute Gasteiger partial charge is 0.322 e. The molecule has 1 aromatic heterocycles. The highest BCUT2D eigenvalue weighted by Gasteiger charge is 2.15. The average Bonchev–Trinajstić information content (AvgIpc) is 2.86. The fraction of sp³-hybridized carbons (Fsp3) is 0.214. The van der Waals surface area contributed by atoms with Crippen LogP contribution in [0.4, 0.5) is 5.69 Å². The lowest BCUT2D eigenvalue weighted by atomic mass is 9.99. The lowest BCUT2D eigenvalue weighted by Crippen LogP contribution is -2.25. The number of rotatable bonds is 2. The molecule has 3 rings (SSSR count). The Hall–Kier alpha value is -1.17. The van der Waals surface area contributed by atoms with E-state index < -0.39 is 0 Å². The van der Waals surface area contributed by atoms with Gasteiger partial charge in [-0.15, -0.1) is 11.3 Å². The molecule has 0 unspecified atom stereocenters. The minimum absolute atomic E-state index is 0.0547. The van der Waals surface area contributed by atoms with Crippen LogP contribution >= 0.6 is 27.3 Å². The Morgan fingerprint density at radius 2 is 2.32 bits per heavy atom. The Kier molecular flexibility index (Phi) is 3.68. The second kappa shape index (κ2) is 5.45. The number of thiophene rings is 1. The molecule has 0 fully saturated rings. The number of amides is 1. The van der Waals surface area contributed by atoms with E-state index in [2.05, 4.69) is 32.6 Å². The first-order valence-electron chi connectivity index (χ1n) is 6.11. The second-order valence-corrected chi connectivity index (χ2v) is 6.75. The molecule has 0 atom stereocenters. The van der Waals surface area contributed by atoms with Crippen molar-refractivity contribution in [2.45, 2.75) is 13.0 Å². The molecule has 3 nitrogen and oxygen atoms in total. The topological polar surface area (TPSA) is 41.1 Å². The van der Waals surface area contributed by atoms with Crippen molar-refractivity contribution in [1.29, 1.82) is 0 Å². The van der Waals surface area contributed by atoms with Crippen molar-refractivity contribution in [2.24, 2.45) is 0 Å². The van der Waals surface area contributed by atoms with Crippen LogP contribution in [0.1, 0.15) is 21.5 Å². The zero-order valence-corrected chi connectivity index (χ0v) is 12.6. The van der Waals surface area contributed by atoms with E-state index in [1.165, 1.54) is 22.5 Å². The highest BCUT2D eigenvalue weighted by atomic mass is 79.9. The molecule has 0 spiro atoms. The molecule has 0 bridgehead atoms. The Balaban J connectivity index is 1.85. The summed E-state index contributed by atoms with van der Waals surface area (Å²) in [6.07, 6.45) is 1.02. The van der Waals surface area contributed by atoms with Gasteiger partial charge in [-0.3, -0.25) is 4.79 Å². The van der Waals surface area contributed by atoms with E-state index in [1.54, 1.807) is 0 Å². The number of carbonyl (C=O) groups excluding carboxylic acids is 1. The summed E-state index contributed by atoms with van der Waals surface area (Å²) in [4.78, 5) is 12.2. The van der Waals surface area contributed by atoms with Gasteiger partial charge in [0.2, 0.25) is 0 Å². The van der Waals surface area contributed by atoms with E-state index in [-0.39, 0.29) is 5.91 Å². The van der Waals surface area contributed by atoms with Gasteiger partial charge in [-0.2, -0.15) is 0 Å². The summed E-state index contributed by atoms with van der Waals surface area (Å²) in [6.45, 7) is 1.82. The number of nitrogens with one attached hydrogen (secondary N) is 2. The van der Waals surface area contributed by atoms with Crippen LogP contribution in [0.3, 0.4) is 0 Å². The zero-order valence-electron chi connectivity index (χ0n) is 10.2. The summed E-state index contributed by atoms with van der Waals surface area (Å²) >= 11 is 4.89. The standard InChI is InChI=1S/C14H13BrN2OS/c15-13-6-10(8-19-13)14(18)17-12-3-1-2-9-4-5-16-7-11(9)12/h1-3,6,8,16H,4-5,7H2,(H,17,18). The third kappa shape index (κ3) is 2.73. The monoisotopic (exact) mass is 336 g/mol. The van der Waals surface area contributed by atoms with E-state index >= 15 is 0 Å². The van der Waals surface area contributed by atoms with Gasteiger partial charge in [0, 0.05) is 17.6 Å². The minimum atomic E-state index is -0.0547. The Morgan fingerprint density at radius 1 is 1.42 bits per heavy atom. The maximum absolute atomic E-state index is 12.2. The van der Waals surface area contributed by atoms with Crippen LogP contribution in [0.2, 0.25) is 0 Å². The van der Waals surface area contributed by atoms with Crippen LogP contribution in [0.5, 0.6) is 0 Å². The van der Waals surface area contributed by atoms with Crippen molar-refractivity contribution < 1.29 is 4.79 Å². The van der Waals surface area contributed by atoms with E-state index in [4.69, 9.17) is 0 Å². The predicted molar refractivity (Wildman–Crippen MR) is 81.8 cm³/mol. The molecule has 0 saturated heterocycles. The summed E-state index contributed by atoms with van der Waals surface area (Å²) in [7, 11) is 0. The molecule has 19 heavy (non-hydrogen) atoms. The van der Waals surface area contributed by atoms with Gasteiger partial charge in [0.25, 0.3) is 5.91 Å². The molecule has 2 heterocycles. The molecule has 1 amide bonds. The van der Waals surface area contributed by atoms with Crippen molar-refractivity contribution in [2.75, 3.05) is 11.9 Å². The lowest BCUT2D eigenvalue weighted by Gasteiger charge is -2.20. The number of hydrogen-bond donors (Lipinski definition) is 2. The SMILES string of the molecule is O=C(Nc1cccc2c1CNCC2)c1csc(Br)c1. The van der Waals surface area contributed by atoms with E-state index in [0.717, 1.165) is 29.0 Å². The zero-order chi connectivity index (χ0) is 13.2. The summed E-state index contributed by atoms with van der Waals surface area (Å²) in [5.41, 5.74) is 4.13. The number of benzene rings is 1. The van der Waals surface area contributed by atoms with Gasteiger partial charge in [0.1, 0.15) is 0 Å². The number of anilines is 1. The number of hydrogen-bond acceptors (Lipinski definition) is 3. The van der Waals surface area contributed by atoms with E-state index in [9.17, 15) is 4.79 Å². The van der Waals surface area contributed by atoms with Gasteiger partial charge in [-0.1, -0.05) is 12.1 Å². The van der Waals surface area contributed by atoms with Crippen molar-refractivity contribution >= 4 is 38.9 Å². The first-order valence-corrected chi connectivity index (χ1v) is 7.78. The Morgan fingerprint density at radius 3 is 3.11 bits per heavy atom. The van der Waals surface area contributed by atoms with Gasteiger partial charge in [-0.05, 0) is 52.2 Å². The molecule has 1 aliphatic rings. The predicted octanol–water partition coefficient (Wildman–Crippen LogP) is 3.41. The summed E-state index contributed by atoms with van der Waals surface area (Å²) in [5, 5.41) is 8.20. The Bertz CT molecular complexity index is 624. The summed E-state index contributed by atoms with van der Waals surface area (Å²) in [5.74, 6) is -0.0547. The van der Waals surface area contributed by atoms with E-state index in [0.29, 0.717) is 5.56 Å². The molecular weight excluding hydrogens is 324 g/mol. The molecule has 2 N–H and O–H groups in total. The quantitative estimate of drug-likeness (QED) is 0.882. The van der Waals surface area contributed by atoms with Crippen LogP contribution in [0.25, 0.3) is 0 Å². The summed E-state index contributed by atoms with van der Waals surface area (Å²) in [6, 6.07) is 7.94. The van der Waals surface area contributed by atoms with Crippen LogP contribution < -0.4 is 10.6 Å². The van der Waals surface area contributed by atoms with Crippen molar-refractivity contribution in [1.82, 2.24) is 5.32 Å². The third-order valence-electron chi connectivity index (χ3n) is 3.22. The van der Waals surface area contributed by atoms with Crippen LogP contribution in [0.15, 0.2) is 33.4 Å². The fourth-order valence-corrected chi connectivity index (χ4v) is 3.39. The maximum Gasteiger partial charge on any atom is 0.256 e. The minimum Gasteiger partial charge on any atom is -0.322 e. The maximum atomic E-state index is 12.2. The highest BCUT2D eigenvalue weighted by Crippen LogP contribution is 2.25. The molecule has 5 heteroatoms. The van der Waals surface area contributed by atoms with Crippen LogP contribution in [-0.4, -0.2) is 12.5 Å². The molecule has 98 valence electrons. The first kappa shape index (κ1) is 12.8. The molecule has 0 saturated carbocycles. The molecule has 2 aromatic rings. The van der Waals surface area contributed by atoms with Crippen LogP contribution in [0, 0.1) is 0 Å².